The number of fused-ring (bicyclic) bond motifs is 1. The van der Waals surface area contributed by atoms with Crippen LogP contribution in [0, 0.1) is 0 Å². The van der Waals surface area contributed by atoms with Gasteiger partial charge in [-0.1, -0.05) is 54.6 Å². The molecule has 0 heterocycles. The van der Waals surface area contributed by atoms with Crippen molar-refractivity contribution >= 4 is 17.3 Å². The molecule has 1 aliphatic carbocycles. The van der Waals surface area contributed by atoms with Crippen LogP contribution in [0.4, 0.5) is 5.69 Å². The quantitative estimate of drug-likeness (QED) is 0.778. The third-order valence-electron chi connectivity index (χ3n) is 4.02. The maximum Gasteiger partial charge on any atom is 0.0361 e. The normalized spacial score (nSPS) is 15.6. The van der Waals surface area contributed by atoms with Crippen LogP contribution in [0.2, 0.25) is 0 Å². The Bertz CT molecular complexity index is 675. The van der Waals surface area contributed by atoms with Crippen molar-refractivity contribution in [3.05, 3.63) is 77.4 Å². The number of aryl methyl sites for hydroxylation is 1. The minimum Gasteiger partial charge on any atom is -0.378 e. The van der Waals surface area contributed by atoms with Gasteiger partial charge in [0.15, 0.2) is 0 Å². The van der Waals surface area contributed by atoms with Crippen molar-refractivity contribution in [2.75, 3.05) is 19.0 Å². The van der Waals surface area contributed by atoms with E-state index in [-0.39, 0.29) is 0 Å². The van der Waals surface area contributed by atoms with E-state index in [1.54, 1.807) is 0 Å². The summed E-state index contributed by atoms with van der Waals surface area (Å²) in [6.45, 7) is 0. The van der Waals surface area contributed by atoms with Crippen LogP contribution in [0.3, 0.4) is 0 Å². The van der Waals surface area contributed by atoms with Crippen LogP contribution in [0.15, 0.2) is 60.7 Å². The van der Waals surface area contributed by atoms with Crippen molar-refractivity contribution in [3.63, 3.8) is 0 Å². The molecule has 0 saturated carbocycles. The van der Waals surface area contributed by atoms with Crippen molar-refractivity contribution in [3.8, 4) is 0 Å². The lowest BCUT2D eigenvalue weighted by molar-refractivity contribution is 1.08. The Balaban J connectivity index is 1.74. The molecular formula is C20H21N. The zero-order valence-corrected chi connectivity index (χ0v) is 12.7. The number of allylic oxidation sites excluding steroid dienone is 3. The Labute approximate surface area is 127 Å². The maximum atomic E-state index is 2.26. The molecule has 2 aromatic rings. The maximum absolute atomic E-state index is 2.26. The lowest BCUT2D eigenvalue weighted by Crippen LogP contribution is -2.07. The second kappa shape index (κ2) is 6.01. The minimum atomic E-state index is 1.16. The van der Waals surface area contributed by atoms with Gasteiger partial charge in [0.2, 0.25) is 0 Å². The van der Waals surface area contributed by atoms with Crippen molar-refractivity contribution in [2.24, 2.45) is 0 Å². The van der Waals surface area contributed by atoms with Gasteiger partial charge in [-0.15, -0.1) is 0 Å². The molecule has 1 nitrogen and oxygen atoms in total. The third kappa shape index (κ3) is 3.08. The third-order valence-corrected chi connectivity index (χ3v) is 4.02. The smallest absolute Gasteiger partial charge is 0.0361 e. The van der Waals surface area contributed by atoms with Crippen LogP contribution in [0.1, 0.15) is 23.1 Å². The van der Waals surface area contributed by atoms with Gasteiger partial charge < -0.3 is 4.90 Å². The summed E-state index contributed by atoms with van der Waals surface area (Å²) in [7, 11) is 4.12. The molecule has 0 spiro atoms. The summed E-state index contributed by atoms with van der Waals surface area (Å²) in [4.78, 5) is 2.12. The average molecular weight is 275 g/mol. The first-order valence-corrected chi connectivity index (χ1v) is 7.47. The van der Waals surface area contributed by atoms with Crippen LogP contribution in [-0.4, -0.2) is 14.1 Å². The highest BCUT2D eigenvalue weighted by molar-refractivity contribution is 5.74. The number of benzene rings is 2. The molecule has 1 aliphatic rings. The van der Waals surface area contributed by atoms with Crippen LogP contribution in [0.25, 0.3) is 11.6 Å². The number of nitrogens with zero attached hydrogens (tertiary/aromatic N) is 1. The van der Waals surface area contributed by atoms with E-state index < -0.39 is 0 Å². The summed E-state index contributed by atoms with van der Waals surface area (Å²) < 4.78 is 0. The highest BCUT2D eigenvalue weighted by Crippen LogP contribution is 2.31. The van der Waals surface area contributed by atoms with E-state index in [1.807, 2.05) is 0 Å². The van der Waals surface area contributed by atoms with E-state index in [0.29, 0.717) is 0 Å². The van der Waals surface area contributed by atoms with E-state index in [9.17, 15) is 0 Å². The van der Waals surface area contributed by atoms with E-state index >= 15 is 0 Å². The summed E-state index contributed by atoms with van der Waals surface area (Å²) in [5, 5.41) is 0. The first kappa shape index (κ1) is 13.7. The number of anilines is 1. The van der Waals surface area contributed by atoms with E-state index in [4.69, 9.17) is 0 Å². The second-order valence-corrected chi connectivity index (χ2v) is 5.69. The number of rotatable bonds is 3. The Morgan fingerprint density at radius 2 is 1.67 bits per heavy atom. The van der Waals surface area contributed by atoms with Crippen LogP contribution in [0.5, 0.6) is 0 Å². The molecule has 3 rings (SSSR count). The molecule has 0 unspecified atom stereocenters. The average Bonchev–Trinajstić information content (AvgIpc) is 2.91. The summed E-state index contributed by atoms with van der Waals surface area (Å²) in [6, 6.07) is 17.3. The SMILES string of the molecule is CN(C)c1ccc(C=CC=C2CCc3ccccc32)cc1. The fraction of sp³-hybridized carbons (Fsp3) is 0.200. The van der Waals surface area contributed by atoms with E-state index in [0.717, 1.165) is 6.42 Å². The van der Waals surface area contributed by atoms with Crippen LogP contribution < -0.4 is 4.90 Å². The van der Waals surface area contributed by atoms with Crippen LogP contribution >= 0.6 is 0 Å². The van der Waals surface area contributed by atoms with Gasteiger partial charge in [0.05, 0.1) is 0 Å². The van der Waals surface area contributed by atoms with Gasteiger partial charge in [0.1, 0.15) is 0 Å². The Hall–Kier alpha value is -2.28. The monoisotopic (exact) mass is 275 g/mol. The molecular weight excluding hydrogens is 254 g/mol. The van der Waals surface area contributed by atoms with Crippen molar-refractivity contribution in [2.45, 2.75) is 12.8 Å². The lowest BCUT2D eigenvalue weighted by atomic mass is 10.1. The topological polar surface area (TPSA) is 3.24 Å². The van der Waals surface area contributed by atoms with Crippen molar-refractivity contribution < 1.29 is 0 Å². The molecule has 2 aromatic carbocycles. The van der Waals surface area contributed by atoms with Crippen molar-refractivity contribution in [1.82, 2.24) is 0 Å². The molecule has 0 fully saturated rings. The Morgan fingerprint density at radius 3 is 2.43 bits per heavy atom. The number of hydrogen-bond donors (Lipinski definition) is 0. The fourth-order valence-electron chi connectivity index (χ4n) is 2.79. The molecule has 0 atom stereocenters. The molecule has 0 amide bonds. The summed E-state index contributed by atoms with van der Waals surface area (Å²) >= 11 is 0. The molecule has 0 saturated heterocycles. The molecule has 21 heavy (non-hydrogen) atoms. The molecule has 0 bridgehead atoms. The van der Waals surface area contributed by atoms with Gasteiger partial charge >= 0.3 is 0 Å². The molecule has 0 N–H and O–H groups in total. The standard InChI is InChI=1S/C20H21N/c1-21(2)19-14-10-16(11-15-19)6-5-8-18-13-12-17-7-3-4-9-20(17)18/h3-11,14-15H,12-13H2,1-2H3. The molecule has 1 heteroatoms. The largest absolute Gasteiger partial charge is 0.378 e. The lowest BCUT2D eigenvalue weighted by Gasteiger charge is -2.11. The highest BCUT2D eigenvalue weighted by Gasteiger charge is 2.13. The molecule has 106 valence electrons. The zero-order chi connectivity index (χ0) is 14.7. The van der Waals surface area contributed by atoms with E-state index in [2.05, 4.69) is 85.8 Å². The molecule has 0 aliphatic heterocycles. The fourth-order valence-corrected chi connectivity index (χ4v) is 2.79. The summed E-state index contributed by atoms with van der Waals surface area (Å²) in [5.41, 5.74) is 6.82. The summed E-state index contributed by atoms with van der Waals surface area (Å²) in [5.74, 6) is 0. The van der Waals surface area contributed by atoms with Gasteiger partial charge in [-0.2, -0.15) is 0 Å². The Morgan fingerprint density at radius 1 is 0.905 bits per heavy atom. The van der Waals surface area contributed by atoms with Gasteiger partial charge in [0.25, 0.3) is 0 Å². The predicted molar refractivity (Wildman–Crippen MR) is 92.5 cm³/mol. The molecule has 0 aromatic heterocycles. The molecule has 0 radical (unpaired) electrons. The van der Waals surface area contributed by atoms with Gasteiger partial charge in [-0.25, -0.2) is 0 Å². The van der Waals surface area contributed by atoms with Gasteiger partial charge in [-0.3, -0.25) is 0 Å². The second-order valence-electron chi connectivity index (χ2n) is 5.69. The predicted octanol–water partition coefficient (Wildman–Crippen LogP) is 4.80. The first-order chi connectivity index (χ1) is 10.2. The summed E-state index contributed by atoms with van der Waals surface area (Å²) in [6.07, 6.45) is 8.93. The van der Waals surface area contributed by atoms with Crippen molar-refractivity contribution in [1.29, 1.82) is 0 Å². The first-order valence-electron chi connectivity index (χ1n) is 7.47. The Kier molecular flexibility index (Phi) is 3.92. The zero-order valence-electron chi connectivity index (χ0n) is 12.7. The highest BCUT2D eigenvalue weighted by atomic mass is 15.1. The van der Waals surface area contributed by atoms with Gasteiger partial charge in [0, 0.05) is 19.8 Å². The van der Waals surface area contributed by atoms with Crippen LogP contribution in [-0.2, 0) is 6.42 Å². The number of hydrogen-bond acceptors (Lipinski definition) is 1. The van der Waals surface area contributed by atoms with Gasteiger partial charge in [-0.05, 0) is 47.2 Å². The van der Waals surface area contributed by atoms with E-state index in [1.165, 1.54) is 34.4 Å². The minimum absolute atomic E-state index is 1.16.